The molecule has 0 heterocycles. The number of carbonyl (C=O) groups is 3. The first-order valence-electron chi connectivity index (χ1n) is 8.75. The molecule has 0 amide bonds. The van der Waals surface area contributed by atoms with Crippen molar-refractivity contribution in [1.82, 2.24) is 0 Å². The average Bonchev–Trinajstić information content (AvgIpc) is 2.59. The molecule has 1 aromatic rings. The van der Waals surface area contributed by atoms with Gasteiger partial charge in [-0.3, -0.25) is 0 Å². The third kappa shape index (κ3) is 7.37. The summed E-state index contributed by atoms with van der Waals surface area (Å²) < 4.78 is 5.11. The fourth-order valence-corrected chi connectivity index (χ4v) is 2.51. The first-order valence-corrected chi connectivity index (χ1v) is 8.75. The quantitative estimate of drug-likeness (QED) is 0.428. The summed E-state index contributed by atoms with van der Waals surface area (Å²) >= 11 is 0. The van der Waals surface area contributed by atoms with E-state index in [0.717, 1.165) is 25.3 Å². The van der Waals surface area contributed by atoms with Crippen molar-refractivity contribution in [2.75, 3.05) is 6.61 Å². The predicted octanol–water partition coefficient (Wildman–Crippen LogP) is 4.38. The van der Waals surface area contributed by atoms with E-state index in [9.17, 15) is 14.4 Å². The lowest BCUT2D eigenvalue weighted by atomic mass is 10.0. The number of carboxylic acids is 2. The van der Waals surface area contributed by atoms with E-state index in [-0.39, 0.29) is 23.3 Å². The zero-order valence-electron chi connectivity index (χ0n) is 14.6. The molecular weight excluding hydrogens is 324 g/mol. The molecule has 0 fully saturated rings. The summed E-state index contributed by atoms with van der Waals surface area (Å²) in [7, 11) is 0. The van der Waals surface area contributed by atoms with Crippen molar-refractivity contribution in [2.45, 2.75) is 58.3 Å². The van der Waals surface area contributed by atoms with Crippen LogP contribution in [-0.2, 0) is 4.74 Å². The molecule has 2 N–H and O–H groups in total. The molecule has 1 rings (SSSR count). The Morgan fingerprint density at radius 3 is 2.00 bits per heavy atom. The Morgan fingerprint density at radius 2 is 1.44 bits per heavy atom. The molecule has 1 aromatic carbocycles. The lowest BCUT2D eigenvalue weighted by Crippen LogP contribution is -2.13. The number of rotatable bonds is 12. The van der Waals surface area contributed by atoms with E-state index in [0.29, 0.717) is 0 Å². The maximum Gasteiger partial charge on any atom is 0.339 e. The molecule has 0 unspecified atom stereocenters. The van der Waals surface area contributed by atoms with Crippen molar-refractivity contribution < 1.29 is 29.3 Å². The summed E-state index contributed by atoms with van der Waals surface area (Å²) in [5.74, 6) is -3.35. The monoisotopic (exact) mass is 350 g/mol. The van der Waals surface area contributed by atoms with E-state index in [4.69, 9.17) is 14.9 Å². The van der Waals surface area contributed by atoms with Crippen LogP contribution < -0.4 is 0 Å². The molecular formula is C19H26O6. The number of hydrogen-bond donors (Lipinski definition) is 2. The van der Waals surface area contributed by atoms with E-state index in [1.165, 1.54) is 44.2 Å². The van der Waals surface area contributed by atoms with Gasteiger partial charge in [0.2, 0.25) is 0 Å². The molecule has 0 aliphatic heterocycles. The Kier molecular flexibility index (Phi) is 9.29. The van der Waals surface area contributed by atoms with Crippen molar-refractivity contribution in [3.8, 4) is 0 Å². The highest BCUT2D eigenvalue weighted by atomic mass is 16.5. The van der Waals surface area contributed by atoms with Crippen molar-refractivity contribution in [2.24, 2.45) is 0 Å². The third-order valence-corrected chi connectivity index (χ3v) is 3.95. The van der Waals surface area contributed by atoms with Crippen molar-refractivity contribution in [3.05, 3.63) is 34.9 Å². The highest BCUT2D eigenvalue weighted by molar-refractivity contribution is 6.04. The molecule has 0 atom stereocenters. The minimum absolute atomic E-state index is 0.128. The van der Waals surface area contributed by atoms with Crippen LogP contribution in [0.25, 0.3) is 0 Å². The minimum Gasteiger partial charge on any atom is -0.478 e. The van der Waals surface area contributed by atoms with Crippen LogP contribution in [0.15, 0.2) is 18.2 Å². The van der Waals surface area contributed by atoms with Gasteiger partial charge in [-0.15, -0.1) is 0 Å². The Morgan fingerprint density at radius 1 is 0.840 bits per heavy atom. The first-order chi connectivity index (χ1) is 12.0. The average molecular weight is 350 g/mol. The highest BCUT2D eigenvalue weighted by Gasteiger charge is 2.19. The van der Waals surface area contributed by atoms with Gasteiger partial charge in [0.1, 0.15) is 0 Å². The van der Waals surface area contributed by atoms with Crippen LogP contribution in [0.4, 0.5) is 0 Å². The Hall–Kier alpha value is -2.37. The van der Waals surface area contributed by atoms with E-state index in [1.54, 1.807) is 0 Å². The van der Waals surface area contributed by atoms with Gasteiger partial charge in [0, 0.05) is 0 Å². The first kappa shape index (κ1) is 20.7. The number of benzene rings is 1. The van der Waals surface area contributed by atoms with Crippen LogP contribution in [0.1, 0.15) is 89.4 Å². The van der Waals surface area contributed by atoms with Gasteiger partial charge in [-0.2, -0.15) is 0 Å². The molecule has 0 aliphatic carbocycles. The number of hydrogen-bond acceptors (Lipinski definition) is 4. The van der Waals surface area contributed by atoms with E-state index in [1.807, 2.05) is 0 Å². The lowest BCUT2D eigenvalue weighted by Gasteiger charge is -2.08. The van der Waals surface area contributed by atoms with Crippen LogP contribution in [0, 0.1) is 0 Å². The topological polar surface area (TPSA) is 101 Å². The molecule has 0 saturated heterocycles. The minimum atomic E-state index is -1.36. The summed E-state index contributed by atoms with van der Waals surface area (Å²) in [6.45, 7) is 2.41. The molecule has 0 spiro atoms. The maximum atomic E-state index is 12.0. The molecule has 25 heavy (non-hydrogen) atoms. The van der Waals surface area contributed by atoms with Gasteiger partial charge < -0.3 is 14.9 Å². The van der Waals surface area contributed by atoms with E-state index < -0.39 is 17.9 Å². The fourth-order valence-electron chi connectivity index (χ4n) is 2.51. The fraction of sp³-hybridized carbons (Fsp3) is 0.526. The van der Waals surface area contributed by atoms with Gasteiger partial charge in [0.25, 0.3) is 0 Å². The Balaban J connectivity index is 2.42. The molecule has 0 aliphatic rings. The molecule has 138 valence electrons. The van der Waals surface area contributed by atoms with E-state index >= 15 is 0 Å². The second-order valence-corrected chi connectivity index (χ2v) is 5.98. The van der Waals surface area contributed by atoms with Crippen LogP contribution >= 0.6 is 0 Å². The number of ether oxygens (including phenoxy) is 1. The predicted molar refractivity (Wildman–Crippen MR) is 93.3 cm³/mol. The van der Waals surface area contributed by atoms with Crippen LogP contribution in [-0.4, -0.2) is 34.7 Å². The number of unbranched alkanes of at least 4 members (excludes halogenated alkanes) is 7. The Labute approximate surface area is 147 Å². The number of carboxylic acid groups (broad SMARTS) is 2. The zero-order chi connectivity index (χ0) is 18.7. The van der Waals surface area contributed by atoms with Crippen LogP contribution in [0.3, 0.4) is 0 Å². The summed E-state index contributed by atoms with van der Waals surface area (Å²) in [5.41, 5.74) is -0.671. The molecule has 0 bridgehead atoms. The molecule has 0 aromatic heterocycles. The second-order valence-electron chi connectivity index (χ2n) is 5.98. The van der Waals surface area contributed by atoms with Gasteiger partial charge in [0.15, 0.2) is 0 Å². The van der Waals surface area contributed by atoms with Gasteiger partial charge in [-0.05, 0) is 24.6 Å². The normalized spacial score (nSPS) is 10.4. The summed E-state index contributed by atoms with van der Waals surface area (Å²) in [6.07, 6.45) is 8.94. The largest absolute Gasteiger partial charge is 0.478 e. The van der Waals surface area contributed by atoms with Crippen molar-refractivity contribution in [1.29, 1.82) is 0 Å². The second kappa shape index (κ2) is 11.2. The SMILES string of the molecule is CCCCCCCCCCOC(=O)c1ccc(C(=O)O)cc1C(=O)O. The Bertz CT molecular complexity index is 594. The lowest BCUT2D eigenvalue weighted by molar-refractivity contribution is 0.0486. The third-order valence-electron chi connectivity index (χ3n) is 3.95. The summed E-state index contributed by atoms with van der Waals surface area (Å²) in [4.78, 5) is 34.2. The standard InChI is InChI=1S/C19H26O6/c1-2-3-4-5-6-7-8-9-12-25-19(24)15-11-10-14(17(20)21)13-16(15)18(22)23/h10-11,13H,2-9,12H2,1H3,(H,20,21)(H,22,23). The van der Waals surface area contributed by atoms with Crippen LogP contribution in [0.2, 0.25) is 0 Å². The highest BCUT2D eigenvalue weighted by Crippen LogP contribution is 2.15. The number of esters is 1. The van der Waals surface area contributed by atoms with Gasteiger partial charge in [-0.1, -0.05) is 51.9 Å². The smallest absolute Gasteiger partial charge is 0.339 e. The van der Waals surface area contributed by atoms with Crippen LogP contribution in [0.5, 0.6) is 0 Å². The van der Waals surface area contributed by atoms with Gasteiger partial charge >= 0.3 is 17.9 Å². The van der Waals surface area contributed by atoms with Gasteiger partial charge in [0.05, 0.1) is 23.3 Å². The zero-order valence-corrected chi connectivity index (χ0v) is 14.6. The molecule has 0 saturated carbocycles. The van der Waals surface area contributed by atoms with Crippen molar-refractivity contribution >= 4 is 17.9 Å². The maximum absolute atomic E-state index is 12.0. The molecule has 0 radical (unpaired) electrons. The van der Waals surface area contributed by atoms with E-state index in [2.05, 4.69) is 6.92 Å². The summed E-state index contributed by atoms with van der Waals surface area (Å²) in [6, 6.07) is 3.35. The molecule has 6 heteroatoms. The van der Waals surface area contributed by atoms with Crippen molar-refractivity contribution in [3.63, 3.8) is 0 Å². The van der Waals surface area contributed by atoms with Gasteiger partial charge in [-0.25, -0.2) is 14.4 Å². The molecule has 6 nitrogen and oxygen atoms in total. The number of aromatic carboxylic acids is 2. The number of carbonyl (C=O) groups excluding carboxylic acids is 1. The summed E-state index contributed by atoms with van der Waals surface area (Å²) in [5, 5.41) is 18.1.